The van der Waals surface area contributed by atoms with Crippen LogP contribution in [-0.2, 0) is 18.4 Å². The molecule has 2 heterocycles. The van der Waals surface area contributed by atoms with Gasteiger partial charge in [-0.25, -0.2) is 4.79 Å². The van der Waals surface area contributed by atoms with Crippen molar-refractivity contribution in [1.29, 1.82) is 0 Å². The molecule has 2 aromatic rings. The molecule has 0 spiro atoms. The molecule has 23 heavy (non-hydrogen) atoms. The number of aromatic nitrogens is 2. The number of imidazole rings is 1. The summed E-state index contributed by atoms with van der Waals surface area (Å²) in [4.78, 5) is 26.5. The molecule has 1 saturated heterocycles. The summed E-state index contributed by atoms with van der Waals surface area (Å²) in [7, 11) is 1.76. The number of para-hydroxylation sites is 2. The zero-order valence-corrected chi connectivity index (χ0v) is 14.1. The SMILES string of the molecule is Cl.Cn1c(=O)n(CCC(=O)N2CCC(CN)C2)c2ccccc21. The molecule has 1 aromatic heterocycles. The Kier molecular flexibility index (Phi) is 5.49. The third-order valence-corrected chi connectivity index (χ3v) is 4.57. The fourth-order valence-electron chi connectivity index (χ4n) is 3.20. The predicted molar refractivity (Wildman–Crippen MR) is 92.8 cm³/mol. The quantitative estimate of drug-likeness (QED) is 0.902. The van der Waals surface area contributed by atoms with Gasteiger partial charge in [0.1, 0.15) is 0 Å². The van der Waals surface area contributed by atoms with Crippen LogP contribution in [0.25, 0.3) is 11.0 Å². The molecule has 126 valence electrons. The second-order valence-corrected chi connectivity index (χ2v) is 5.96. The second-order valence-electron chi connectivity index (χ2n) is 5.96. The lowest BCUT2D eigenvalue weighted by molar-refractivity contribution is -0.130. The van der Waals surface area contributed by atoms with Crippen LogP contribution in [0.15, 0.2) is 29.1 Å². The Hall–Kier alpha value is -1.79. The van der Waals surface area contributed by atoms with Gasteiger partial charge in [0.25, 0.3) is 0 Å². The maximum Gasteiger partial charge on any atom is 0.328 e. The zero-order valence-electron chi connectivity index (χ0n) is 13.3. The lowest BCUT2D eigenvalue weighted by Crippen LogP contribution is -2.31. The number of carbonyl (C=O) groups is 1. The summed E-state index contributed by atoms with van der Waals surface area (Å²) in [5.41, 5.74) is 7.36. The highest BCUT2D eigenvalue weighted by molar-refractivity contribution is 5.85. The largest absolute Gasteiger partial charge is 0.342 e. The normalized spacial score (nSPS) is 17.5. The van der Waals surface area contributed by atoms with Crippen LogP contribution in [0.4, 0.5) is 0 Å². The highest BCUT2D eigenvalue weighted by atomic mass is 35.5. The second kappa shape index (κ2) is 7.19. The number of carbonyl (C=O) groups excluding carboxylic acids is 1. The minimum Gasteiger partial charge on any atom is -0.342 e. The Balaban J connectivity index is 0.00000192. The number of benzene rings is 1. The molecule has 0 aliphatic carbocycles. The van der Waals surface area contributed by atoms with Crippen LogP contribution in [0, 0.1) is 5.92 Å². The first kappa shape index (κ1) is 17.6. The average Bonchev–Trinajstić information content (AvgIpc) is 3.11. The molecule has 0 saturated carbocycles. The van der Waals surface area contributed by atoms with E-state index in [2.05, 4.69) is 0 Å². The van der Waals surface area contributed by atoms with Crippen LogP contribution >= 0.6 is 12.4 Å². The van der Waals surface area contributed by atoms with Gasteiger partial charge in [-0.15, -0.1) is 12.4 Å². The van der Waals surface area contributed by atoms with Crippen LogP contribution in [-0.4, -0.2) is 39.6 Å². The molecule has 7 heteroatoms. The molecule has 1 amide bonds. The summed E-state index contributed by atoms with van der Waals surface area (Å²) in [5.74, 6) is 0.528. The Labute approximate surface area is 141 Å². The fraction of sp³-hybridized carbons (Fsp3) is 0.500. The zero-order chi connectivity index (χ0) is 15.7. The van der Waals surface area contributed by atoms with Gasteiger partial charge in [0, 0.05) is 33.1 Å². The highest BCUT2D eigenvalue weighted by Gasteiger charge is 2.25. The standard InChI is InChI=1S/C16H22N4O2.ClH/c1-18-13-4-2-3-5-14(13)20(16(18)22)9-7-15(21)19-8-6-12(10-17)11-19;/h2-5,12H,6-11,17H2,1H3;1H. The number of fused-ring (bicyclic) bond motifs is 1. The van der Waals surface area contributed by atoms with E-state index in [4.69, 9.17) is 5.73 Å². The Morgan fingerprint density at radius 1 is 1.30 bits per heavy atom. The fourth-order valence-corrected chi connectivity index (χ4v) is 3.20. The first-order valence-corrected chi connectivity index (χ1v) is 7.74. The molecule has 1 aromatic carbocycles. The molecule has 2 N–H and O–H groups in total. The van der Waals surface area contributed by atoms with E-state index in [1.807, 2.05) is 29.2 Å². The number of likely N-dealkylation sites (tertiary alicyclic amines) is 1. The number of halogens is 1. The molecule has 1 atom stereocenters. The van der Waals surface area contributed by atoms with E-state index in [0.717, 1.165) is 30.5 Å². The van der Waals surface area contributed by atoms with Crippen molar-refractivity contribution in [2.24, 2.45) is 18.7 Å². The monoisotopic (exact) mass is 338 g/mol. The third kappa shape index (κ3) is 3.28. The summed E-state index contributed by atoms with van der Waals surface area (Å²) in [5, 5.41) is 0. The van der Waals surface area contributed by atoms with Crippen LogP contribution in [0.3, 0.4) is 0 Å². The molecule has 1 unspecified atom stereocenters. The molecule has 0 bridgehead atoms. The van der Waals surface area contributed by atoms with Gasteiger partial charge in [-0.1, -0.05) is 12.1 Å². The molecule has 1 aliphatic heterocycles. The van der Waals surface area contributed by atoms with Gasteiger partial charge in [0.2, 0.25) is 5.91 Å². The summed E-state index contributed by atoms with van der Waals surface area (Å²) >= 11 is 0. The van der Waals surface area contributed by atoms with E-state index in [9.17, 15) is 9.59 Å². The van der Waals surface area contributed by atoms with Crippen molar-refractivity contribution in [3.05, 3.63) is 34.7 Å². The van der Waals surface area contributed by atoms with Crippen LogP contribution in [0.5, 0.6) is 0 Å². The molecular weight excluding hydrogens is 316 g/mol. The molecule has 0 radical (unpaired) electrons. The van der Waals surface area contributed by atoms with Gasteiger partial charge >= 0.3 is 5.69 Å². The van der Waals surface area contributed by atoms with Gasteiger partial charge in [0.05, 0.1) is 11.0 Å². The molecular formula is C16H23ClN4O2. The first-order valence-electron chi connectivity index (χ1n) is 7.74. The topological polar surface area (TPSA) is 73.3 Å². The average molecular weight is 339 g/mol. The third-order valence-electron chi connectivity index (χ3n) is 4.57. The van der Waals surface area contributed by atoms with Gasteiger partial charge in [-0.05, 0) is 31.0 Å². The Morgan fingerprint density at radius 2 is 2.00 bits per heavy atom. The van der Waals surface area contributed by atoms with E-state index < -0.39 is 0 Å². The van der Waals surface area contributed by atoms with Crippen LogP contribution in [0.1, 0.15) is 12.8 Å². The van der Waals surface area contributed by atoms with Crippen molar-refractivity contribution in [3.8, 4) is 0 Å². The van der Waals surface area contributed by atoms with E-state index in [0.29, 0.717) is 25.4 Å². The first-order chi connectivity index (χ1) is 10.6. The van der Waals surface area contributed by atoms with Crippen LogP contribution < -0.4 is 11.4 Å². The van der Waals surface area contributed by atoms with Crippen molar-refractivity contribution >= 4 is 29.3 Å². The lowest BCUT2D eigenvalue weighted by atomic mass is 10.1. The molecule has 6 nitrogen and oxygen atoms in total. The maximum atomic E-state index is 12.3. The number of aryl methyl sites for hydroxylation is 2. The molecule has 3 rings (SSSR count). The van der Waals surface area contributed by atoms with Gasteiger partial charge in [-0.2, -0.15) is 0 Å². The van der Waals surface area contributed by atoms with Crippen molar-refractivity contribution in [3.63, 3.8) is 0 Å². The number of amides is 1. The van der Waals surface area contributed by atoms with Gasteiger partial charge in [-0.3, -0.25) is 13.9 Å². The minimum atomic E-state index is -0.0738. The predicted octanol–water partition coefficient (Wildman–Crippen LogP) is 0.959. The summed E-state index contributed by atoms with van der Waals surface area (Å²) in [6, 6.07) is 7.66. The number of hydrogen-bond acceptors (Lipinski definition) is 3. The van der Waals surface area contributed by atoms with E-state index in [1.54, 1.807) is 16.2 Å². The van der Waals surface area contributed by atoms with Crippen molar-refractivity contribution in [1.82, 2.24) is 14.0 Å². The molecule has 1 fully saturated rings. The van der Waals surface area contributed by atoms with Gasteiger partial charge in [0.15, 0.2) is 0 Å². The van der Waals surface area contributed by atoms with E-state index in [-0.39, 0.29) is 24.0 Å². The van der Waals surface area contributed by atoms with Crippen LogP contribution in [0.2, 0.25) is 0 Å². The van der Waals surface area contributed by atoms with E-state index in [1.165, 1.54) is 0 Å². The number of rotatable bonds is 4. The number of nitrogens with two attached hydrogens (primary N) is 1. The Morgan fingerprint density at radius 3 is 2.65 bits per heavy atom. The maximum absolute atomic E-state index is 12.3. The number of nitrogens with zero attached hydrogens (tertiary/aromatic N) is 3. The summed E-state index contributed by atoms with van der Waals surface area (Å²) in [6.07, 6.45) is 1.33. The summed E-state index contributed by atoms with van der Waals surface area (Å²) in [6.45, 7) is 2.58. The smallest absolute Gasteiger partial charge is 0.328 e. The lowest BCUT2D eigenvalue weighted by Gasteiger charge is -2.16. The van der Waals surface area contributed by atoms with Crippen molar-refractivity contribution in [2.75, 3.05) is 19.6 Å². The summed E-state index contributed by atoms with van der Waals surface area (Å²) < 4.78 is 3.31. The highest BCUT2D eigenvalue weighted by Crippen LogP contribution is 2.17. The van der Waals surface area contributed by atoms with E-state index >= 15 is 0 Å². The molecule has 1 aliphatic rings. The van der Waals surface area contributed by atoms with Crippen molar-refractivity contribution < 1.29 is 4.79 Å². The van der Waals surface area contributed by atoms with Crippen molar-refractivity contribution in [2.45, 2.75) is 19.4 Å². The minimum absolute atomic E-state index is 0. The van der Waals surface area contributed by atoms with Gasteiger partial charge < -0.3 is 10.6 Å². The number of hydrogen-bond donors (Lipinski definition) is 1. The Bertz CT molecular complexity index is 752.